The van der Waals surface area contributed by atoms with Crippen molar-refractivity contribution in [2.75, 3.05) is 12.4 Å². The maximum Gasteiger partial charge on any atom is 0.221 e. The van der Waals surface area contributed by atoms with Crippen LogP contribution in [0.15, 0.2) is 79.1 Å². The van der Waals surface area contributed by atoms with E-state index in [1.54, 1.807) is 6.07 Å². The van der Waals surface area contributed by atoms with Gasteiger partial charge in [0.1, 0.15) is 19.4 Å². The van der Waals surface area contributed by atoms with Crippen LogP contribution in [-0.4, -0.2) is 7.05 Å². The van der Waals surface area contributed by atoms with E-state index in [4.69, 9.17) is 0 Å². The molecule has 3 atom stereocenters. The third-order valence-electron chi connectivity index (χ3n) is 12.7. The van der Waals surface area contributed by atoms with Crippen LogP contribution >= 0.6 is 0 Å². The second-order valence-electron chi connectivity index (χ2n) is 15.6. The molecule has 3 nitrogen and oxygen atoms in total. The van der Waals surface area contributed by atoms with E-state index in [9.17, 15) is 0 Å². The molecule has 0 fully saturated rings. The van der Waals surface area contributed by atoms with E-state index in [1.165, 1.54) is 61.1 Å². The lowest BCUT2D eigenvalue weighted by atomic mass is 9.55. The van der Waals surface area contributed by atoms with Gasteiger partial charge in [0, 0.05) is 53.7 Å². The molecular formula is C46H52FN3+2. The monoisotopic (exact) mass is 665 g/mol. The first-order valence-corrected chi connectivity index (χ1v) is 19.0. The largest absolute Gasteiger partial charge is 0.388 e. The van der Waals surface area contributed by atoms with Crippen LogP contribution in [-0.2, 0) is 24.4 Å². The second kappa shape index (κ2) is 11.9. The minimum absolute atomic E-state index is 0.0761. The second-order valence-corrected chi connectivity index (χ2v) is 15.6. The molecule has 8 rings (SSSR count). The van der Waals surface area contributed by atoms with Gasteiger partial charge in [0.15, 0.2) is 12.4 Å². The highest BCUT2D eigenvalue weighted by Crippen LogP contribution is 2.62. The number of pyridine rings is 2. The van der Waals surface area contributed by atoms with Crippen LogP contribution in [0.2, 0.25) is 0 Å². The molecule has 3 aromatic carbocycles. The molecular weight excluding hydrogens is 614 g/mol. The van der Waals surface area contributed by atoms with Gasteiger partial charge in [-0.15, -0.1) is 0 Å². The van der Waals surface area contributed by atoms with Crippen molar-refractivity contribution in [1.82, 2.24) is 0 Å². The lowest BCUT2D eigenvalue weighted by Crippen LogP contribution is -2.43. The highest BCUT2D eigenvalue weighted by atomic mass is 19.1. The molecule has 1 N–H and O–H groups in total. The molecule has 3 aliphatic rings. The van der Waals surface area contributed by atoms with Gasteiger partial charge in [-0.2, -0.15) is 4.57 Å². The molecule has 0 bridgehead atoms. The fourth-order valence-electron chi connectivity index (χ4n) is 10.3. The van der Waals surface area contributed by atoms with Crippen molar-refractivity contribution < 1.29 is 13.5 Å². The lowest BCUT2D eigenvalue weighted by molar-refractivity contribution is -0.685. The third kappa shape index (κ3) is 4.45. The highest BCUT2D eigenvalue weighted by molar-refractivity contribution is 6.03. The lowest BCUT2D eigenvalue weighted by Gasteiger charge is -2.47. The van der Waals surface area contributed by atoms with Gasteiger partial charge in [0.05, 0.1) is 16.5 Å². The zero-order valence-electron chi connectivity index (χ0n) is 31.2. The minimum Gasteiger partial charge on any atom is -0.388 e. The first kappa shape index (κ1) is 32.9. The summed E-state index contributed by atoms with van der Waals surface area (Å²) in [6, 6.07) is 21.9. The Balaban J connectivity index is 1.39. The Labute approximate surface area is 297 Å². The molecule has 50 heavy (non-hydrogen) atoms. The molecule has 0 spiro atoms. The first-order valence-electron chi connectivity index (χ1n) is 19.0. The number of hydrogen-bond acceptors (Lipinski definition) is 1. The quantitative estimate of drug-likeness (QED) is 0.155. The van der Waals surface area contributed by atoms with E-state index in [2.05, 4.69) is 136 Å². The van der Waals surface area contributed by atoms with E-state index in [1.807, 2.05) is 7.05 Å². The molecule has 3 aliphatic carbocycles. The topological polar surface area (TPSA) is 19.8 Å². The molecule has 3 unspecified atom stereocenters. The van der Waals surface area contributed by atoms with E-state index in [0.29, 0.717) is 11.8 Å². The minimum atomic E-state index is -0.465. The van der Waals surface area contributed by atoms with Crippen LogP contribution in [0.5, 0.6) is 0 Å². The molecule has 2 aromatic heterocycles. The van der Waals surface area contributed by atoms with Gasteiger partial charge in [0.25, 0.3) is 0 Å². The van der Waals surface area contributed by atoms with Crippen molar-refractivity contribution in [1.29, 1.82) is 0 Å². The Kier molecular flexibility index (Phi) is 7.82. The fraction of sp³-hybridized carbons (Fsp3) is 0.391. The van der Waals surface area contributed by atoms with Crippen LogP contribution in [0.4, 0.5) is 10.1 Å². The number of hydrogen-bond donors (Lipinski definition) is 1. The van der Waals surface area contributed by atoms with Crippen LogP contribution in [0.3, 0.4) is 0 Å². The number of fused-ring (bicyclic) bond motifs is 4. The molecule has 0 saturated carbocycles. The summed E-state index contributed by atoms with van der Waals surface area (Å²) in [5.41, 5.74) is 14.4. The molecule has 0 saturated heterocycles. The Morgan fingerprint density at radius 1 is 0.880 bits per heavy atom. The number of aryl methyl sites for hydroxylation is 2. The average Bonchev–Trinajstić information content (AvgIpc) is 3.09. The Morgan fingerprint density at radius 3 is 2.34 bits per heavy atom. The van der Waals surface area contributed by atoms with E-state index < -0.39 is 5.41 Å². The smallest absolute Gasteiger partial charge is 0.221 e. The summed E-state index contributed by atoms with van der Waals surface area (Å²) in [6.45, 7) is 14.7. The molecule has 0 aliphatic heterocycles. The van der Waals surface area contributed by atoms with Crippen LogP contribution in [0.1, 0.15) is 119 Å². The number of benzene rings is 3. The Bertz CT molecular complexity index is 2230. The molecule has 5 aromatic rings. The number of halogens is 1. The number of nitrogens with one attached hydrogen (secondary N) is 1. The molecule has 0 amide bonds. The van der Waals surface area contributed by atoms with Crippen molar-refractivity contribution in [2.24, 2.45) is 7.05 Å². The number of anilines is 1. The van der Waals surface area contributed by atoms with E-state index in [0.717, 1.165) is 55.5 Å². The van der Waals surface area contributed by atoms with Gasteiger partial charge in [-0.1, -0.05) is 65.8 Å². The van der Waals surface area contributed by atoms with Gasteiger partial charge in [-0.3, -0.25) is 0 Å². The maximum atomic E-state index is 16.8. The zero-order chi connectivity index (χ0) is 35.1. The predicted octanol–water partition coefficient (Wildman–Crippen LogP) is 10.7. The normalized spacial score (nSPS) is 21.2. The number of allylic oxidation sites excluding steroid dienone is 2. The zero-order valence-corrected chi connectivity index (χ0v) is 31.2. The average molecular weight is 666 g/mol. The molecule has 4 heteroatoms. The van der Waals surface area contributed by atoms with Crippen molar-refractivity contribution >= 4 is 22.0 Å². The number of aromatic nitrogens is 2. The maximum absolute atomic E-state index is 16.8. The van der Waals surface area contributed by atoms with Crippen LogP contribution < -0.4 is 14.5 Å². The van der Waals surface area contributed by atoms with Gasteiger partial charge in [-0.25, -0.2) is 8.96 Å². The van der Waals surface area contributed by atoms with Gasteiger partial charge < -0.3 is 5.32 Å². The number of rotatable bonds is 9. The van der Waals surface area contributed by atoms with Crippen molar-refractivity contribution in [3.05, 3.63) is 118 Å². The van der Waals surface area contributed by atoms with Crippen LogP contribution in [0.25, 0.3) is 38.9 Å². The van der Waals surface area contributed by atoms with Crippen molar-refractivity contribution in [3.8, 4) is 22.5 Å². The fourth-order valence-corrected chi connectivity index (χ4v) is 10.3. The van der Waals surface area contributed by atoms with Gasteiger partial charge >= 0.3 is 0 Å². The summed E-state index contributed by atoms with van der Waals surface area (Å²) in [7, 11) is 4.10. The Morgan fingerprint density at radius 2 is 1.66 bits per heavy atom. The highest BCUT2D eigenvalue weighted by Gasteiger charge is 2.50. The van der Waals surface area contributed by atoms with E-state index in [-0.39, 0.29) is 11.2 Å². The SMILES string of the molecule is CCC[n+]1ccc2cc3c(c4c2c1-c1c(C2(CC)C=C(c5ccc(NC)cc5-c5cccc[n+]5C)C2)ccc(F)c1C4(C)C)C(CC)C3CC. The summed E-state index contributed by atoms with van der Waals surface area (Å²) in [5, 5.41) is 6.01. The molecule has 2 heterocycles. The summed E-state index contributed by atoms with van der Waals surface area (Å²) < 4.78 is 21.4. The summed E-state index contributed by atoms with van der Waals surface area (Å²) in [5.74, 6) is 1.04. The van der Waals surface area contributed by atoms with Crippen molar-refractivity contribution in [3.63, 3.8) is 0 Å². The van der Waals surface area contributed by atoms with Crippen molar-refractivity contribution in [2.45, 2.75) is 103 Å². The van der Waals surface area contributed by atoms with Crippen LogP contribution in [0, 0.1) is 5.82 Å². The third-order valence-corrected chi connectivity index (χ3v) is 12.7. The summed E-state index contributed by atoms with van der Waals surface area (Å²) in [4.78, 5) is 0. The van der Waals surface area contributed by atoms with Gasteiger partial charge in [-0.05, 0) is 101 Å². The van der Waals surface area contributed by atoms with E-state index >= 15 is 4.39 Å². The first-order chi connectivity index (χ1) is 24.1. The predicted molar refractivity (Wildman–Crippen MR) is 205 cm³/mol. The van der Waals surface area contributed by atoms with Gasteiger partial charge in [0.2, 0.25) is 11.4 Å². The molecule has 0 radical (unpaired) electrons. The molecule has 256 valence electrons. The standard InChI is InChI=1S/C46H52FN3/c1-9-21-50-23-20-28-24-35-31(10-2)32(11-3)40(35)43-39(28)44(50)41-36(18-19-37(47)42(41)45(43,5)6)46(12-4)26-29(27-46)33-17-16-30(48-7)25-34(33)38-15-13-14-22-49(38)8/h13-20,22-26,31-32,48H,9-12,21,27H2,1-8H3/q+2. The summed E-state index contributed by atoms with van der Waals surface area (Å²) in [6.07, 6.45) is 12.1. The number of nitrogens with zero attached hydrogens (tertiary/aromatic N) is 2. The summed E-state index contributed by atoms with van der Waals surface area (Å²) >= 11 is 0. The Hall–Kier alpha value is -4.31.